The molecule has 5 nitrogen and oxygen atoms in total. The molecule has 0 fully saturated rings. The van der Waals surface area contributed by atoms with Crippen molar-refractivity contribution in [2.24, 2.45) is 0 Å². The Morgan fingerprint density at radius 2 is 1.94 bits per heavy atom. The van der Waals surface area contributed by atoms with Crippen LogP contribution in [0.5, 0.6) is 0 Å². The summed E-state index contributed by atoms with van der Waals surface area (Å²) in [5, 5.41) is 8.06. The number of aromatic nitrogens is 3. The average Bonchev–Trinajstić information content (AvgIpc) is 2.22. The number of nitrogens with two attached hydrogens (primary N) is 2. The lowest BCUT2D eigenvalue weighted by molar-refractivity contribution is 0.999. The van der Waals surface area contributed by atoms with Crippen LogP contribution in [-0.4, -0.2) is 15.2 Å². The lowest BCUT2D eigenvalue weighted by Crippen LogP contribution is -2.04. The Morgan fingerprint density at radius 3 is 2.62 bits per heavy atom. The molecule has 0 amide bonds. The number of benzene rings is 1. The maximum atomic E-state index is 6.04. The van der Waals surface area contributed by atoms with Crippen molar-refractivity contribution in [1.82, 2.24) is 15.2 Å². The van der Waals surface area contributed by atoms with Crippen molar-refractivity contribution in [3.05, 3.63) is 27.7 Å². The van der Waals surface area contributed by atoms with Gasteiger partial charge in [-0.05, 0) is 18.2 Å². The summed E-state index contributed by atoms with van der Waals surface area (Å²) >= 11 is 9.38. The molecule has 0 unspecified atom stereocenters. The number of anilines is 2. The predicted octanol–water partition coefficient (Wildman–Crippen LogP) is 2.12. The topological polar surface area (TPSA) is 90.7 Å². The van der Waals surface area contributed by atoms with Gasteiger partial charge in [0.15, 0.2) is 5.82 Å². The molecule has 0 atom stereocenters. The van der Waals surface area contributed by atoms with Crippen molar-refractivity contribution >= 4 is 39.3 Å². The van der Waals surface area contributed by atoms with E-state index < -0.39 is 0 Å². The third kappa shape index (κ3) is 2.07. The molecule has 0 spiro atoms. The number of hydrogen-bond donors (Lipinski definition) is 2. The fraction of sp³-hybridized carbons (Fsp3) is 0. The van der Waals surface area contributed by atoms with Gasteiger partial charge in [0.25, 0.3) is 0 Å². The third-order valence-electron chi connectivity index (χ3n) is 1.91. The molecule has 82 valence electrons. The van der Waals surface area contributed by atoms with Gasteiger partial charge in [-0.1, -0.05) is 27.5 Å². The van der Waals surface area contributed by atoms with E-state index in [1.54, 1.807) is 12.1 Å². The van der Waals surface area contributed by atoms with Crippen molar-refractivity contribution in [2.45, 2.75) is 0 Å². The Labute approximate surface area is 105 Å². The van der Waals surface area contributed by atoms with Crippen molar-refractivity contribution in [3.8, 4) is 11.3 Å². The van der Waals surface area contributed by atoms with Crippen LogP contribution in [0.25, 0.3) is 11.3 Å². The zero-order chi connectivity index (χ0) is 11.7. The molecule has 2 aromatic rings. The minimum absolute atomic E-state index is 0.0346. The second kappa shape index (κ2) is 4.23. The average molecular weight is 301 g/mol. The molecule has 0 aliphatic carbocycles. The van der Waals surface area contributed by atoms with E-state index in [0.717, 1.165) is 4.47 Å². The van der Waals surface area contributed by atoms with Gasteiger partial charge < -0.3 is 11.5 Å². The van der Waals surface area contributed by atoms with Gasteiger partial charge in [0.05, 0.1) is 5.02 Å². The lowest BCUT2D eigenvalue weighted by atomic mass is 10.1. The number of rotatable bonds is 1. The fourth-order valence-corrected chi connectivity index (χ4v) is 1.79. The molecule has 0 saturated carbocycles. The predicted molar refractivity (Wildman–Crippen MR) is 66.8 cm³/mol. The molecule has 4 N–H and O–H groups in total. The molecule has 1 aromatic heterocycles. The van der Waals surface area contributed by atoms with Crippen LogP contribution in [0.1, 0.15) is 0 Å². The largest absolute Gasteiger partial charge is 0.382 e. The molecule has 0 radical (unpaired) electrons. The summed E-state index contributed by atoms with van der Waals surface area (Å²) in [7, 11) is 0. The quantitative estimate of drug-likeness (QED) is 0.842. The highest BCUT2D eigenvalue weighted by atomic mass is 79.9. The summed E-state index contributed by atoms with van der Waals surface area (Å²) in [6.45, 7) is 0. The van der Waals surface area contributed by atoms with E-state index in [-0.39, 0.29) is 11.8 Å². The van der Waals surface area contributed by atoms with Gasteiger partial charge in [-0.15, -0.1) is 10.2 Å². The Morgan fingerprint density at radius 1 is 1.19 bits per heavy atom. The maximum Gasteiger partial charge on any atom is 0.242 e. The van der Waals surface area contributed by atoms with E-state index in [2.05, 4.69) is 31.1 Å². The lowest BCUT2D eigenvalue weighted by Gasteiger charge is -2.06. The second-order valence-electron chi connectivity index (χ2n) is 3.03. The molecule has 7 heteroatoms. The summed E-state index contributed by atoms with van der Waals surface area (Å²) in [5.74, 6) is 0.236. The van der Waals surface area contributed by atoms with Gasteiger partial charge in [-0.25, -0.2) is 0 Å². The molecule has 1 aromatic carbocycles. The van der Waals surface area contributed by atoms with Crippen molar-refractivity contribution in [2.75, 3.05) is 11.5 Å². The summed E-state index contributed by atoms with van der Waals surface area (Å²) in [4.78, 5) is 3.83. The van der Waals surface area contributed by atoms with Crippen LogP contribution < -0.4 is 11.5 Å². The van der Waals surface area contributed by atoms with Crippen molar-refractivity contribution in [3.63, 3.8) is 0 Å². The van der Waals surface area contributed by atoms with Gasteiger partial charge >= 0.3 is 0 Å². The smallest absolute Gasteiger partial charge is 0.242 e. The first-order valence-electron chi connectivity index (χ1n) is 4.29. The van der Waals surface area contributed by atoms with E-state index in [0.29, 0.717) is 16.3 Å². The minimum atomic E-state index is 0.0346. The highest BCUT2D eigenvalue weighted by molar-refractivity contribution is 9.10. The molecular formula is C9H7BrClN5. The van der Waals surface area contributed by atoms with Crippen LogP contribution in [0.3, 0.4) is 0 Å². The Hall–Kier alpha value is -1.40. The van der Waals surface area contributed by atoms with Crippen LogP contribution in [-0.2, 0) is 0 Å². The SMILES string of the molecule is Nc1nnc(-c2cc(Br)ccc2Cl)c(N)n1. The summed E-state index contributed by atoms with van der Waals surface area (Å²) in [5.41, 5.74) is 12.1. The first kappa shape index (κ1) is 11.1. The molecule has 2 rings (SSSR count). The standard InChI is InChI=1S/C9H7BrClN5/c10-4-1-2-6(11)5(3-4)7-8(12)14-9(13)16-15-7/h1-3H,(H4,12,13,14,16). The number of hydrogen-bond acceptors (Lipinski definition) is 5. The van der Waals surface area contributed by atoms with Gasteiger partial charge in [0, 0.05) is 10.0 Å². The summed E-state index contributed by atoms with van der Waals surface area (Å²) < 4.78 is 0.866. The molecule has 0 aliphatic heterocycles. The molecule has 0 bridgehead atoms. The summed E-state index contributed by atoms with van der Waals surface area (Å²) in [6, 6.07) is 5.35. The molecule has 16 heavy (non-hydrogen) atoms. The van der Waals surface area contributed by atoms with Crippen LogP contribution >= 0.6 is 27.5 Å². The zero-order valence-corrected chi connectivity index (χ0v) is 10.3. The highest BCUT2D eigenvalue weighted by Crippen LogP contribution is 2.31. The number of nitrogen functional groups attached to an aromatic ring is 2. The molecule has 1 heterocycles. The van der Waals surface area contributed by atoms with E-state index in [4.69, 9.17) is 23.1 Å². The van der Waals surface area contributed by atoms with Gasteiger partial charge in [-0.2, -0.15) is 4.98 Å². The Balaban J connectivity index is 2.62. The molecule has 0 aliphatic rings. The van der Waals surface area contributed by atoms with E-state index in [1.165, 1.54) is 0 Å². The van der Waals surface area contributed by atoms with Gasteiger partial charge in [0.2, 0.25) is 5.95 Å². The molecular weight excluding hydrogens is 293 g/mol. The maximum absolute atomic E-state index is 6.04. The molecule has 0 saturated heterocycles. The Bertz CT molecular complexity index is 545. The van der Waals surface area contributed by atoms with E-state index >= 15 is 0 Å². The highest BCUT2D eigenvalue weighted by Gasteiger charge is 2.11. The normalized spacial score (nSPS) is 10.4. The number of nitrogens with zero attached hydrogens (tertiary/aromatic N) is 3. The van der Waals surface area contributed by atoms with Crippen LogP contribution in [0.2, 0.25) is 5.02 Å². The second-order valence-corrected chi connectivity index (χ2v) is 4.35. The van der Waals surface area contributed by atoms with Crippen molar-refractivity contribution in [1.29, 1.82) is 0 Å². The van der Waals surface area contributed by atoms with Crippen LogP contribution in [0, 0.1) is 0 Å². The van der Waals surface area contributed by atoms with Crippen LogP contribution in [0.15, 0.2) is 22.7 Å². The monoisotopic (exact) mass is 299 g/mol. The van der Waals surface area contributed by atoms with E-state index in [1.807, 2.05) is 6.07 Å². The van der Waals surface area contributed by atoms with Gasteiger partial charge in [0.1, 0.15) is 5.69 Å². The van der Waals surface area contributed by atoms with Crippen LogP contribution in [0.4, 0.5) is 11.8 Å². The van der Waals surface area contributed by atoms with E-state index in [9.17, 15) is 0 Å². The zero-order valence-electron chi connectivity index (χ0n) is 7.98. The fourth-order valence-electron chi connectivity index (χ4n) is 1.22. The summed E-state index contributed by atoms with van der Waals surface area (Å²) in [6.07, 6.45) is 0. The third-order valence-corrected chi connectivity index (χ3v) is 2.74. The first-order chi connectivity index (χ1) is 7.58. The Kier molecular flexibility index (Phi) is 2.93. The first-order valence-corrected chi connectivity index (χ1v) is 5.46. The minimum Gasteiger partial charge on any atom is -0.382 e. The van der Waals surface area contributed by atoms with Crippen molar-refractivity contribution < 1.29 is 0 Å². The van der Waals surface area contributed by atoms with Gasteiger partial charge in [-0.3, -0.25) is 0 Å². The number of halogens is 2.